The fraction of sp³-hybridized carbons (Fsp3) is 0.500. The Balaban J connectivity index is 1.64. The first-order valence-electron chi connectivity index (χ1n) is 8.54. The van der Waals surface area contributed by atoms with E-state index in [1.807, 2.05) is 36.2 Å². The molecule has 24 heavy (non-hydrogen) atoms. The second kappa shape index (κ2) is 7.13. The highest BCUT2D eigenvalue weighted by Crippen LogP contribution is 2.27. The van der Waals surface area contributed by atoms with Crippen molar-refractivity contribution in [3.05, 3.63) is 42.5 Å². The molecule has 0 saturated heterocycles. The van der Waals surface area contributed by atoms with Crippen molar-refractivity contribution in [3.63, 3.8) is 0 Å². The highest BCUT2D eigenvalue weighted by Gasteiger charge is 2.30. The van der Waals surface area contributed by atoms with E-state index < -0.39 is 0 Å². The number of hydrogen-bond donors (Lipinski definition) is 0. The lowest BCUT2D eigenvalue weighted by atomic mass is 10.1. The molecular formula is C18H25N5O. The molecule has 1 aromatic carbocycles. The Hall–Kier alpha value is -2.21. The molecule has 0 spiro atoms. The first kappa shape index (κ1) is 16.6. The Labute approximate surface area is 143 Å². The van der Waals surface area contributed by atoms with Gasteiger partial charge < -0.3 is 4.90 Å². The number of hydrogen-bond acceptors (Lipinski definition) is 4. The van der Waals surface area contributed by atoms with Crippen LogP contribution in [0.1, 0.15) is 38.3 Å². The van der Waals surface area contributed by atoms with Gasteiger partial charge in [0.15, 0.2) is 0 Å². The summed E-state index contributed by atoms with van der Waals surface area (Å²) >= 11 is 0. The Morgan fingerprint density at radius 1 is 1.33 bits per heavy atom. The molecule has 1 aromatic heterocycles. The summed E-state index contributed by atoms with van der Waals surface area (Å²) in [5, 5.41) is 4.12. The molecule has 1 amide bonds. The molecule has 1 saturated carbocycles. The normalized spacial score (nSPS) is 15.5. The van der Waals surface area contributed by atoms with Gasteiger partial charge in [0.05, 0.1) is 18.3 Å². The molecular weight excluding hydrogens is 302 g/mol. The highest BCUT2D eigenvalue weighted by atomic mass is 16.2. The van der Waals surface area contributed by atoms with E-state index in [-0.39, 0.29) is 11.9 Å². The van der Waals surface area contributed by atoms with E-state index in [0.29, 0.717) is 12.6 Å². The number of amides is 1. The van der Waals surface area contributed by atoms with Gasteiger partial charge in [0.2, 0.25) is 5.91 Å². The van der Waals surface area contributed by atoms with Crippen LogP contribution in [0.5, 0.6) is 0 Å². The van der Waals surface area contributed by atoms with Crippen LogP contribution in [0.3, 0.4) is 0 Å². The second-order valence-electron chi connectivity index (χ2n) is 6.41. The monoisotopic (exact) mass is 327 g/mol. The number of carbonyl (C=O) groups is 1. The van der Waals surface area contributed by atoms with Crippen LogP contribution < -0.4 is 0 Å². The number of rotatable bonds is 7. The minimum atomic E-state index is 0.0419. The third-order valence-electron chi connectivity index (χ3n) is 4.84. The van der Waals surface area contributed by atoms with Crippen molar-refractivity contribution in [2.45, 2.75) is 38.8 Å². The summed E-state index contributed by atoms with van der Waals surface area (Å²) in [5.41, 5.74) is 2.08. The molecule has 1 aliphatic carbocycles. The van der Waals surface area contributed by atoms with Crippen molar-refractivity contribution in [1.29, 1.82) is 0 Å². The molecule has 0 unspecified atom stereocenters. The maximum Gasteiger partial charge on any atom is 0.237 e. The molecule has 1 atom stereocenters. The molecule has 1 fully saturated rings. The molecule has 128 valence electrons. The number of benzene rings is 1. The summed E-state index contributed by atoms with van der Waals surface area (Å²) in [6, 6.07) is 8.75. The zero-order chi connectivity index (χ0) is 17.1. The largest absolute Gasteiger partial charge is 0.338 e. The first-order valence-corrected chi connectivity index (χ1v) is 8.54. The van der Waals surface area contributed by atoms with Gasteiger partial charge in [-0.05, 0) is 44.0 Å². The predicted octanol–water partition coefficient (Wildman–Crippen LogP) is 2.27. The van der Waals surface area contributed by atoms with E-state index >= 15 is 0 Å². The van der Waals surface area contributed by atoms with Gasteiger partial charge in [-0.1, -0.05) is 19.1 Å². The Morgan fingerprint density at radius 3 is 2.58 bits per heavy atom. The molecule has 0 N–H and O–H groups in total. The van der Waals surface area contributed by atoms with Crippen LogP contribution >= 0.6 is 0 Å². The van der Waals surface area contributed by atoms with E-state index in [9.17, 15) is 4.79 Å². The number of likely N-dealkylation sites (N-methyl/N-ethyl adjacent to an activating group) is 2. The summed E-state index contributed by atoms with van der Waals surface area (Å²) in [5.74, 6) is 0.177. The number of carbonyl (C=O) groups excluding carboxylic acids is 1. The van der Waals surface area contributed by atoms with E-state index in [0.717, 1.165) is 17.8 Å². The van der Waals surface area contributed by atoms with E-state index in [1.165, 1.54) is 19.2 Å². The van der Waals surface area contributed by atoms with Gasteiger partial charge >= 0.3 is 0 Å². The third kappa shape index (κ3) is 3.64. The van der Waals surface area contributed by atoms with E-state index in [2.05, 4.69) is 28.8 Å². The van der Waals surface area contributed by atoms with Gasteiger partial charge in [-0.3, -0.25) is 9.69 Å². The molecule has 6 heteroatoms. The molecule has 0 aliphatic heterocycles. The van der Waals surface area contributed by atoms with Crippen molar-refractivity contribution >= 4 is 5.91 Å². The highest BCUT2D eigenvalue weighted by molar-refractivity contribution is 5.78. The summed E-state index contributed by atoms with van der Waals surface area (Å²) in [6.07, 6.45) is 5.64. The predicted molar refractivity (Wildman–Crippen MR) is 92.8 cm³/mol. The van der Waals surface area contributed by atoms with Crippen LogP contribution in [0.2, 0.25) is 0 Å². The minimum Gasteiger partial charge on any atom is -0.338 e. The van der Waals surface area contributed by atoms with Crippen molar-refractivity contribution in [2.75, 3.05) is 20.1 Å². The topological polar surface area (TPSA) is 54.3 Å². The summed E-state index contributed by atoms with van der Waals surface area (Å²) < 4.78 is 1.72. The first-order chi connectivity index (χ1) is 11.6. The van der Waals surface area contributed by atoms with Crippen molar-refractivity contribution in [1.82, 2.24) is 24.6 Å². The van der Waals surface area contributed by atoms with Crippen LogP contribution in [0.25, 0.3) is 5.69 Å². The zero-order valence-corrected chi connectivity index (χ0v) is 14.6. The molecule has 6 nitrogen and oxygen atoms in total. The Morgan fingerprint density at radius 2 is 2.04 bits per heavy atom. The standard InChI is InChI=1S/C18H25N5O/c1-4-22(16-9-10-16)11-18(24)21(3)14(2)15-5-7-17(8-6-15)23-13-19-12-20-23/h5-8,12-14,16H,4,9-11H2,1-3H3/t14-/m1/s1. The molecule has 0 bridgehead atoms. The summed E-state index contributed by atoms with van der Waals surface area (Å²) in [6.45, 7) is 5.64. The van der Waals surface area contributed by atoms with Gasteiger partial charge in [-0.25, -0.2) is 9.67 Å². The van der Waals surface area contributed by atoms with Crippen LogP contribution in [-0.2, 0) is 4.79 Å². The molecule has 2 aromatic rings. The lowest BCUT2D eigenvalue weighted by Crippen LogP contribution is -2.40. The minimum absolute atomic E-state index is 0.0419. The fourth-order valence-electron chi connectivity index (χ4n) is 2.91. The quantitative estimate of drug-likeness (QED) is 0.783. The SMILES string of the molecule is CCN(CC(=O)N(C)[C@H](C)c1ccc(-n2cncn2)cc1)C1CC1. The Kier molecular flexibility index (Phi) is 4.94. The molecule has 1 aliphatic rings. The maximum absolute atomic E-state index is 12.6. The molecule has 0 radical (unpaired) electrons. The van der Waals surface area contributed by atoms with Crippen LogP contribution in [0.4, 0.5) is 0 Å². The smallest absolute Gasteiger partial charge is 0.237 e. The molecule has 1 heterocycles. The third-order valence-corrected chi connectivity index (χ3v) is 4.84. The van der Waals surface area contributed by atoms with Crippen molar-refractivity contribution in [3.8, 4) is 5.69 Å². The average Bonchev–Trinajstić information content (AvgIpc) is 3.31. The van der Waals surface area contributed by atoms with Gasteiger partial charge in [-0.15, -0.1) is 0 Å². The fourth-order valence-corrected chi connectivity index (χ4v) is 2.91. The lowest BCUT2D eigenvalue weighted by Gasteiger charge is -2.28. The second-order valence-corrected chi connectivity index (χ2v) is 6.41. The van der Waals surface area contributed by atoms with E-state index in [1.54, 1.807) is 11.0 Å². The lowest BCUT2D eigenvalue weighted by molar-refractivity contribution is -0.133. The van der Waals surface area contributed by atoms with Gasteiger partial charge in [0, 0.05) is 13.1 Å². The van der Waals surface area contributed by atoms with Crippen LogP contribution in [0, 0.1) is 0 Å². The van der Waals surface area contributed by atoms with Gasteiger partial charge in [0.25, 0.3) is 0 Å². The maximum atomic E-state index is 12.6. The number of aromatic nitrogens is 3. The van der Waals surface area contributed by atoms with Gasteiger partial charge in [-0.2, -0.15) is 5.10 Å². The van der Waals surface area contributed by atoms with Crippen LogP contribution in [-0.4, -0.2) is 56.7 Å². The van der Waals surface area contributed by atoms with E-state index in [4.69, 9.17) is 0 Å². The summed E-state index contributed by atoms with van der Waals surface area (Å²) in [4.78, 5) is 20.7. The Bertz CT molecular complexity index is 663. The van der Waals surface area contributed by atoms with Crippen molar-refractivity contribution in [2.24, 2.45) is 0 Å². The molecule has 3 rings (SSSR count). The van der Waals surface area contributed by atoms with Gasteiger partial charge in [0.1, 0.15) is 12.7 Å². The average molecular weight is 327 g/mol. The number of nitrogens with zero attached hydrogens (tertiary/aromatic N) is 5. The van der Waals surface area contributed by atoms with Crippen LogP contribution in [0.15, 0.2) is 36.9 Å². The van der Waals surface area contributed by atoms with Crippen molar-refractivity contribution < 1.29 is 4.79 Å². The zero-order valence-electron chi connectivity index (χ0n) is 14.6. The summed E-state index contributed by atoms with van der Waals surface area (Å²) in [7, 11) is 1.89.